The molecule has 94 valence electrons. The van der Waals surface area contributed by atoms with Crippen LogP contribution in [0.3, 0.4) is 0 Å². The summed E-state index contributed by atoms with van der Waals surface area (Å²) in [6.07, 6.45) is 2.48. The Balaban J connectivity index is 2.10. The van der Waals surface area contributed by atoms with E-state index in [4.69, 9.17) is 10.5 Å². The van der Waals surface area contributed by atoms with Crippen LogP contribution >= 0.6 is 22.6 Å². The zero-order valence-corrected chi connectivity index (χ0v) is 12.3. The molecular formula is C13H19IN2O. The van der Waals surface area contributed by atoms with E-state index in [1.807, 2.05) is 6.07 Å². The van der Waals surface area contributed by atoms with E-state index in [0.29, 0.717) is 5.92 Å². The van der Waals surface area contributed by atoms with Crippen LogP contribution < -0.4 is 10.6 Å². The average Bonchev–Trinajstić information content (AvgIpc) is 2.29. The van der Waals surface area contributed by atoms with Crippen molar-refractivity contribution in [3.8, 4) is 0 Å². The number of halogens is 1. The molecule has 17 heavy (non-hydrogen) atoms. The third-order valence-electron chi connectivity index (χ3n) is 3.25. The molecule has 4 heteroatoms. The van der Waals surface area contributed by atoms with E-state index in [9.17, 15) is 0 Å². The number of hydrogen-bond donors (Lipinski definition) is 1. The smallest absolute Gasteiger partial charge is 0.0600 e. The van der Waals surface area contributed by atoms with Crippen LogP contribution in [0.25, 0.3) is 0 Å². The monoisotopic (exact) mass is 346 g/mol. The summed E-state index contributed by atoms with van der Waals surface area (Å²) in [4.78, 5) is 2.39. The van der Waals surface area contributed by atoms with Crippen LogP contribution in [0, 0.1) is 9.49 Å². The molecule has 0 aromatic heterocycles. The molecule has 0 spiro atoms. The lowest BCUT2D eigenvalue weighted by Crippen LogP contribution is -2.37. The van der Waals surface area contributed by atoms with Crippen LogP contribution in [0.5, 0.6) is 0 Å². The number of anilines is 2. The summed E-state index contributed by atoms with van der Waals surface area (Å²) in [7, 11) is 1.78. The summed E-state index contributed by atoms with van der Waals surface area (Å²) in [6, 6.07) is 6.29. The van der Waals surface area contributed by atoms with E-state index in [-0.39, 0.29) is 0 Å². The highest BCUT2D eigenvalue weighted by atomic mass is 127. The number of nitrogen functional groups attached to an aromatic ring is 1. The first kappa shape index (κ1) is 13.0. The zero-order valence-electron chi connectivity index (χ0n) is 10.2. The Bertz CT molecular complexity index is 382. The minimum atomic E-state index is 0.632. The van der Waals surface area contributed by atoms with Gasteiger partial charge in [0.1, 0.15) is 0 Å². The van der Waals surface area contributed by atoms with Gasteiger partial charge in [-0.15, -0.1) is 0 Å². The number of hydrogen-bond acceptors (Lipinski definition) is 3. The van der Waals surface area contributed by atoms with Crippen molar-refractivity contribution in [2.45, 2.75) is 12.8 Å². The van der Waals surface area contributed by atoms with E-state index in [2.05, 4.69) is 39.6 Å². The lowest BCUT2D eigenvalue weighted by Gasteiger charge is -2.34. The highest BCUT2D eigenvalue weighted by Crippen LogP contribution is 2.29. The fraction of sp³-hybridized carbons (Fsp3) is 0.538. The second kappa shape index (κ2) is 5.91. The molecule has 1 heterocycles. The molecule has 2 rings (SSSR count). The van der Waals surface area contributed by atoms with E-state index >= 15 is 0 Å². The molecule has 1 atom stereocenters. The van der Waals surface area contributed by atoms with Crippen LogP contribution in [0.2, 0.25) is 0 Å². The first-order chi connectivity index (χ1) is 8.20. The second-order valence-electron chi connectivity index (χ2n) is 4.61. The Labute approximate surface area is 116 Å². The molecule has 1 aliphatic heterocycles. The molecule has 3 nitrogen and oxygen atoms in total. The maximum atomic E-state index is 6.09. The third kappa shape index (κ3) is 3.25. The summed E-state index contributed by atoms with van der Waals surface area (Å²) in [5.41, 5.74) is 8.15. The maximum Gasteiger partial charge on any atom is 0.0600 e. The van der Waals surface area contributed by atoms with Crippen LogP contribution in [-0.2, 0) is 4.74 Å². The summed E-state index contributed by atoms with van der Waals surface area (Å²) >= 11 is 2.29. The number of methoxy groups -OCH3 is 1. The van der Waals surface area contributed by atoms with E-state index in [1.165, 1.54) is 22.1 Å². The minimum Gasteiger partial charge on any atom is -0.397 e. The van der Waals surface area contributed by atoms with Gasteiger partial charge in [-0.2, -0.15) is 0 Å². The number of piperidine rings is 1. The highest BCUT2D eigenvalue weighted by Gasteiger charge is 2.21. The highest BCUT2D eigenvalue weighted by molar-refractivity contribution is 14.1. The van der Waals surface area contributed by atoms with Gasteiger partial charge in [-0.1, -0.05) is 0 Å². The van der Waals surface area contributed by atoms with Gasteiger partial charge in [0, 0.05) is 23.8 Å². The average molecular weight is 346 g/mol. The Morgan fingerprint density at radius 2 is 2.35 bits per heavy atom. The molecule has 1 saturated heterocycles. The van der Waals surface area contributed by atoms with Crippen LogP contribution in [0.4, 0.5) is 11.4 Å². The molecule has 0 aliphatic carbocycles. The largest absolute Gasteiger partial charge is 0.397 e. The van der Waals surface area contributed by atoms with Gasteiger partial charge in [0.05, 0.1) is 18.0 Å². The third-order valence-corrected chi connectivity index (χ3v) is 3.92. The van der Waals surface area contributed by atoms with Crippen LogP contribution in [0.1, 0.15) is 12.8 Å². The normalized spacial score (nSPS) is 20.6. The number of nitrogens with two attached hydrogens (primary N) is 1. The van der Waals surface area contributed by atoms with E-state index in [1.54, 1.807) is 7.11 Å². The lowest BCUT2D eigenvalue weighted by molar-refractivity contribution is 0.143. The van der Waals surface area contributed by atoms with Crippen molar-refractivity contribution in [1.82, 2.24) is 0 Å². The Morgan fingerprint density at radius 3 is 3.06 bits per heavy atom. The van der Waals surface area contributed by atoms with Gasteiger partial charge in [-0.25, -0.2) is 0 Å². The molecule has 2 N–H and O–H groups in total. The number of nitrogens with zero attached hydrogens (tertiary/aromatic N) is 1. The number of rotatable bonds is 3. The number of ether oxygens (including phenoxy) is 1. The first-order valence-electron chi connectivity index (χ1n) is 5.99. The van der Waals surface area contributed by atoms with Gasteiger partial charge in [0.2, 0.25) is 0 Å². The second-order valence-corrected chi connectivity index (χ2v) is 5.86. The lowest BCUT2D eigenvalue weighted by atomic mass is 9.98. The zero-order chi connectivity index (χ0) is 12.3. The van der Waals surface area contributed by atoms with Gasteiger partial charge in [0.15, 0.2) is 0 Å². The van der Waals surface area contributed by atoms with Gasteiger partial charge in [0.25, 0.3) is 0 Å². The van der Waals surface area contributed by atoms with Crippen molar-refractivity contribution >= 4 is 34.0 Å². The van der Waals surface area contributed by atoms with Crippen LogP contribution in [0.15, 0.2) is 18.2 Å². The standard InChI is InChI=1S/C13H19IN2O/c1-17-9-10-3-2-6-16(8-10)13-5-4-11(14)7-12(13)15/h4-5,7,10H,2-3,6,8-9,15H2,1H3. The Kier molecular flexibility index (Phi) is 4.50. The van der Waals surface area contributed by atoms with Crippen molar-refractivity contribution in [3.63, 3.8) is 0 Å². The van der Waals surface area contributed by atoms with Gasteiger partial charge in [-0.05, 0) is 59.5 Å². The molecule has 1 aliphatic rings. The summed E-state index contributed by atoms with van der Waals surface area (Å²) in [5.74, 6) is 0.632. The summed E-state index contributed by atoms with van der Waals surface area (Å²) < 4.78 is 6.44. The first-order valence-corrected chi connectivity index (χ1v) is 7.07. The molecule has 0 saturated carbocycles. The SMILES string of the molecule is COCC1CCCN(c2ccc(I)cc2N)C1. The predicted molar refractivity (Wildman–Crippen MR) is 80.4 cm³/mol. The van der Waals surface area contributed by atoms with Crippen molar-refractivity contribution in [3.05, 3.63) is 21.8 Å². The van der Waals surface area contributed by atoms with E-state index in [0.717, 1.165) is 25.4 Å². The van der Waals surface area contributed by atoms with Gasteiger partial charge in [-0.3, -0.25) is 0 Å². The van der Waals surface area contributed by atoms with Crippen LogP contribution in [-0.4, -0.2) is 26.8 Å². The van der Waals surface area contributed by atoms with Crippen molar-refractivity contribution in [2.75, 3.05) is 37.4 Å². The molecule has 0 bridgehead atoms. The molecule has 0 amide bonds. The molecule has 1 aromatic rings. The molecular weight excluding hydrogens is 327 g/mol. The summed E-state index contributed by atoms with van der Waals surface area (Å²) in [5, 5.41) is 0. The Hall–Kier alpha value is -0.490. The molecule has 0 radical (unpaired) electrons. The summed E-state index contributed by atoms with van der Waals surface area (Å²) in [6.45, 7) is 3.00. The predicted octanol–water partition coefficient (Wildman–Crippen LogP) is 2.74. The van der Waals surface area contributed by atoms with Gasteiger partial charge >= 0.3 is 0 Å². The van der Waals surface area contributed by atoms with E-state index < -0.39 is 0 Å². The fourth-order valence-electron chi connectivity index (χ4n) is 2.47. The molecule has 1 fully saturated rings. The van der Waals surface area contributed by atoms with Crippen molar-refractivity contribution in [2.24, 2.45) is 5.92 Å². The molecule has 1 aromatic carbocycles. The Morgan fingerprint density at radius 1 is 1.53 bits per heavy atom. The number of benzene rings is 1. The van der Waals surface area contributed by atoms with Crippen molar-refractivity contribution in [1.29, 1.82) is 0 Å². The fourth-order valence-corrected chi connectivity index (χ4v) is 2.98. The minimum absolute atomic E-state index is 0.632. The topological polar surface area (TPSA) is 38.5 Å². The van der Waals surface area contributed by atoms with Gasteiger partial charge < -0.3 is 15.4 Å². The quantitative estimate of drug-likeness (QED) is 0.676. The maximum absolute atomic E-state index is 6.09. The van der Waals surface area contributed by atoms with Crippen molar-refractivity contribution < 1.29 is 4.74 Å². The molecule has 1 unspecified atom stereocenters.